The Morgan fingerprint density at radius 1 is 1.00 bits per heavy atom. The van der Waals surface area contributed by atoms with Gasteiger partial charge in [-0.25, -0.2) is 8.42 Å². The molecule has 1 aromatic carbocycles. The van der Waals surface area contributed by atoms with Gasteiger partial charge in [0.2, 0.25) is 0 Å². The van der Waals surface area contributed by atoms with Crippen LogP contribution in [0.4, 0.5) is 0 Å². The molecule has 0 spiro atoms. The van der Waals surface area contributed by atoms with Crippen molar-refractivity contribution in [2.45, 2.75) is 25.3 Å². The maximum atomic E-state index is 12.2. The Morgan fingerprint density at radius 3 is 2.25 bits per heavy atom. The summed E-state index contributed by atoms with van der Waals surface area (Å²) >= 11 is 0. The van der Waals surface area contributed by atoms with Crippen LogP contribution in [-0.2, 0) is 9.84 Å². The fraction of sp³-hybridized carbons (Fsp3) is 0.611. The Morgan fingerprint density at radius 2 is 1.62 bits per heavy atom. The molecule has 0 radical (unpaired) electrons. The fourth-order valence-corrected chi connectivity index (χ4v) is 4.86. The largest absolute Gasteiger partial charge is 0.303 e. The summed E-state index contributed by atoms with van der Waals surface area (Å²) in [7, 11) is -2.80. The Kier molecular flexibility index (Phi) is 5.69. The smallest absolute Gasteiger partial charge is 0.164 e. The molecule has 3 rings (SSSR count). The third-order valence-electron chi connectivity index (χ3n) is 5.20. The van der Waals surface area contributed by atoms with Crippen molar-refractivity contribution in [1.82, 2.24) is 9.80 Å². The van der Waals surface area contributed by atoms with E-state index in [0.717, 1.165) is 38.0 Å². The molecule has 0 aliphatic carbocycles. The van der Waals surface area contributed by atoms with Crippen LogP contribution in [0.3, 0.4) is 0 Å². The molecule has 0 N–H and O–H groups in total. The van der Waals surface area contributed by atoms with Gasteiger partial charge in [-0.15, -0.1) is 0 Å². The molecule has 0 saturated carbocycles. The SMILES string of the molecule is O=C(CCN1CCC(N2CCS(=O)(=O)CC2)CC1)c1ccccc1. The lowest BCUT2D eigenvalue weighted by Gasteiger charge is -2.40. The standard InChI is InChI=1S/C18H26N2O3S/c21-18(16-4-2-1-3-5-16)8-11-19-9-6-17(7-10-19)20-12-14-24(22,23)15-13-20/h1-5,17H,6-15H2. The minimum atomic E-state index is -2.80. The monoisotopic (exact) mass is 350 g/mol. The Balaban J connectivity index is 1.40. The normalized spacial score (nSPS) is 23.2. The Labute approximate surface area is 144 Å². The van der Waals surface area contributed by atoms with Crippen molar-refractivity contribution in [3.63, 3.8) is 0 Å². The highest BCUT2D eigenvalue weighted by atomic mass is 32.2. The average molecular weight is 350 g/mol. The van der Waals surface area contributed by atoms with Gasteiger partial charge in [-0.1, -0.05) is 30.3 Å². The molecule has 1 aromatic rings. The molecule has 0 atom stereocenters. The number of nitrogens with zero attached hydrogens (tertiary/aromatic N) is 2. The topological polar surface area (TPSA) is 57.7 Å². The lowest BCUT2D eigenvalue weighted by Crippen LogP contribution is -2.50. The highest BCUT2D eigenvalue weighted by Crippen LogP contribution is 2.19. The van der Waals surface area contributed by atoms with E-state index in [2.05, 4.69) is 9.80 Å². The predicted octanol–water partition coefficient (Wildman–Crippen LogP) is 1.45. The van der Waals surface area contributed by atoms with Gasteiger partial charge < -0.3 is 4.90 Å². The number of hydrogen-bond donors (Lipinski definition) is 0. The summed E-state index contributed by atoms with van der Waals surface area (Å²) < 4.78 is 23.1. The third kappa shape index (κ3) is 4.65. The molecule has 0 unspecified atom stereocenters. The first-order chi connectivity index (χ1) is 11.5. The quantitative estimate of drug-likeness (QED) is 0.753. The number of Topliss-reactive ketones (excluding diaryl/α,β-unsaturated/α-hetero) is 1. The highest BCUT2D eigenvalue weighted by molar-refractivity contribution is 7.91. The minimum absolute atomic E-state index is 0.207. The van der Waals surface area contributed by atoms with E-state index >= 15 is 0 Å². The zero-order valence-electron chi connectivity index (χ0n) is 14.1. The van der Waals surface area contributed by atoms with E-state index < -0.39 is 9.84 Å². The number of piperidine rings is 1. The van der Waals surface area contributed by atoms with Gasteiger partial charge in [0, 0.05) is 37.7 Å². The van der Waals surface area contributed by atoms with E-state index in [1.165, 1.54) is 0 Å². The van der Waals surface area contributed by atoms with Crippen LogP contribution in [0, 0.1) is 0 Å². The van der Waals surface area contributed by atoms with E-state index in [4.69, 9.17) is 0 Å². The summed E-state index contributed by atoms with van der Waals surface area (Å²) in [5.41, 5.74) is 0.793. The summed E-state index contributed by atoms with van der Waals surface area (Å²) in [6, 6.07) is 9.97. The van der Waals surface area contributed by atoms with E-state index in [9.17, 15) is 13.2 Å². The number of hydrogen-bond acceptors (Lipinski definition) is 5. The van der Waals surface area contributed by atoms with Crippen LogP contribution < -0.4 is 0 Å². The summed E-state index contributed by atoms with van der Waals surface area (Å²) in [5, 5.41) is 0. The first-order valence-electron chi connectivity index (χ1n) is 8.78. The second-order valence-electron chi connectivity index (χ2n) is 6.80. The minimum Gasteiger partial charge on any atom is -0.303 e. The second-order valence-corrected chi connectivity index (χ2v) is 9.10. The van der Waals surface area contributed by atoms with Crippen molar-refractivity contribution in [1.29, 1.82) is 0 Å². The van der Waals surface area contributed by atoms with Crippen molar-refractivity contribution in [3.05, 3.63) is 35.9 Å². The lowest BCUT2D eigenvalue weighted by atomic mass is 10.0. The van der Waals surface area contributed by atoms with Gasteiger partial charge >= 0.3 is 0 Å². The average Bonchev–Trinajstić information content (AvgIpc) is 2.61. The number of likely N-dealkylation sites (tertiary alicyclic amines) is 1. The van der Waals surface area contributed by atoms with Crippen LogP contribution in [0.15, 0.2) is 30.3 Å². The zero-order valence-corrected chi connectivity index (χ0v) is 14.9. The molecule has 2 heterocycles. The molecule has 0 aromatic heterocycles. The zero-order chi connectivity index (χ0) is 17.0. The van der Waals surface area contributed by atoms with Gasteiger partial charge in [0.05, 0.1) is 11.5 Å². The van der Waals surface area contributed by atoms with Crippen molar-refractivity contribution in [2.75, 3.05) is 44.2 Å². The molecule has 0 amide bonds. The van der Waals surface area contributed by atoms with Gasteiger partial charge in [-0.05, 0) is 25.9 Å². The highest BCUT2D eigenvalue weighted by Gasteiger charge is 2.29. The number of benzene rings is 1. The summed E-state index contributed by atoms with van der Waals surface area (Å²) in [5.74, 6) is 0.816. The van der Waals surface area contributed by atoms with Gasteiger partial charge in [-0.2, -0.15) is 0 Å². The van der Waals surface area contributed by atoms with Crippen molar-refractivity contribution in [2.24, 2.45) is 0 Å². The fourth-order valence-electron chi connectivity index (χ4n) is 3.63. The molecule has 132 valence electrons. The van der Waals surface area contributed by atoms with E-state index in [-0.39, 0.29) is 5.78 Å². The Bertz CT molecular complexity index is 638. The number of carbonyl (C=O) groups is 1. The summed E-state index contributed by atoms with van der Waals surface area (Å²) in [4.78, 5) is 16.9. The van der Waals surface area contributed by atoms with Crippen LogP contribution in [0.1, 0.15) is 29.6 Å². The summed E-state index contributed by atoms with van der Waals surface area (Å²) in [6.07, 6.45) is 2.70. The number of ketones is 1. The maximum Gasteiger partial charge on any atom is 0.164 e. The molecule has 2 saturated heterocycles. The van der Waals surface area contributed by atoms with Crippen LogP contribution in [0.2, 0.25) is 0 Å². The van der Waals surface area contributed by atoms with Crippen LogP contribution in [0.5, 0.6) is 0 Å². The second kappa shape index (κ2) is 7.76. The van der Waals surface area contributed by atoms with Crippen LogP contribution in [-0.4, -0.2) is 74.3 Å². The molecule has 5 nitrogen and oxygen atoms in total. The molecule has 2 aliphatic rings. The predicted molar refractivity (Wildman–Crippen MR) is 95.1 cm³/mol. The molecule has 2 aliphatic heterocycles. The van der Waals surface area contributed by atoms with Crippen molar-refractivity contribution >= 4 is 15.6 Å². The number of rotatable bonds is 5. The van der Waals surface area contributed by atoms with Crippen LogP contribution in [0.25, 0.3) is 0 Å². The third-order valence-corrected chi connectivity index (χ3v) is 6.81. The lowest BCUT2D eigenvalue weighted by molar-refractivity contribution is 0.0916. The molecule has 24 heavy (non-hydrogen) atoms. The molecule has 2 fully saturated rings. The van der Waals surface area contributed by atoms with Crippen LogP contribution >= 0.6 is 0 Å². The van der Waals surface area contributed by atoms with Gasteiger partial charge in [0.25, 0.3) is 0 Å². The van der Waals surface area contributed by atoms with E-state index in [1.807, 2.05) is 30.3 Å². The van der Waals surface area contributed by atoms with Crippen molar-refractivity contribution < 1.29 is 13.2 Å². The van der Waals surface area contributed by atoms with E-state index in [1.54, 1.807) is 0 Å². The molecule has 0 bridgehead atoms. The number of sulfone groups is 1. The summed E-state index contributed by atoms with van der Waals surface area (Å²) in [6.45, 7) is 4.17. The van der Waals surface area contributed by atoms with Gasteiger partial charge in [-0.3, -0.25) is 9.69 Å². The Hall–Kier alpha value is -1.24. The first-order valence-corrected chi connectivity index (χ1v) is 10.6. The molecular weight excluding hydrogens is 324 g/mol. The number of carbonyl (C=O) groups excluding carboxylic acids is 1. The maximum absolute atomic E-state index is 12.2. The van der Waals surface area contributed by atoms with E-state index in [0.29, 0.717) is 37.1 Å². The molecular formula is C18H26N2O3S. The van der Waals surface area contributed by atoms with Gasteiger partial charge in [0.1, 0.15) is 0 Å². The molecule has 6 heteroatoms. The van der Waals surface area contributed by atoms with Crippen molar-refractivity contribution in [3.8, 4) is 0 Å². The van der Waals surface area contributed by atoms with Gasteiger partial charge in [0.15, 0.2) is 15.6 Å². The first kappa shape index (κ1) is 17.6.